The van der Waals surface area contributed by atoms with Crippen LogP contribution in [-0.2, 0) is 28.6 Å². The van der Waals surface area contributed by atoms with Crippen LogP contribution < -0.4 is 0 Å². The molecule has 77 heavy (non-hydrogen) atoms. The summed E-state index contributed by atoms with van der Waals surface area (Å²) in [5.74, 6) is -0.999. The van der Waals surface area contributed by atoms with Crippen molar-refractivity contribution >= 4 is 17.9 Å². The molecule has 0 aliphatic rings. The molecule has 1 unspecified atom stereocenters. The maximum absolute atomic E-state index is 12.9. The van der Waals surface area contributed by atoms with Crippen molar-refractivity contribution in [2.45, 2.75) is 284 Å². The molecule has 0 N–H and O–H groups in total. The van der Waals surface area contributed by atoms with Crippen molar-refractivity contribution in [2.75, 3.05) is 13.2 Å². The van der Waals surface area contributed by atoms with Crippen molar-refractivity contribution in [2.24, 2.45) is 0 Å². The van der Waals surface area contributed by atoms with Crippen LogP contribution in [0.5, 0.6) is 0 Å². The molecule has 0 fully saturated rings. The van der Waals surface area contributed by atoms with Crippen LogP contribution in [0.25, 0.3) is 0 Å². The van der Waals surface area contributed by atoms with E-state index in [1.807, 2.05) is 6.08 Å². The lowest BCUT2D eigenvalue weighted by molar-refractivity contribution is -0.166. The van der Waals surface area contributed by atoms with E-state index in [1.54, 1.807) is 0 Å². The van der Waals surface area contributed by atoms with Crippen molar-refractivity contribution < 1.29 is 28.6 Å². The van der Waals surface area contributed by atoms with E-state index >= 15 is 0 Å². The molecule has 6 heteroatoms. The third kappa shape index (κ3) is 62.3. The van der Waals surface area contributed by atoms with Gasteiger partial charge in [0, 0.05) is 19.3 Å². The van der Waals surface area contributed by atoms with E-state index in [9.17, 15) is 14.4 Å². The Morgan fingerprint density at radius 2 is 0.532 bits per heavy atom. The average Bonchev–Trinajstić information content (AvgIpc) is 3.43. The third-order valence-corrected chi connectivity index (χ3v) is 13.2. The Kier molecular flexibility index (Phi) is 60.4. The van der Waals surface area contributed by atoms with Gasteiger partial charge in [-0.1, -0.05) is 289 Å². The summed E-state index contributed by atoms with van der Waals surface area (Å²) in [6.45, 7) is 6.36. The van der Waals surface area contributed by atoms with Gasteiger partial charge in [0.2, 0.25) is 0 Å². The van der Waals surface area contributed by atoms with Gasteiger partial charge in [0.1, 0.15) is 13.2 Å². The Morgan fingerprint density at radius 1 is 0.273 bits per heavy atom. The lowest BCUT2D eigenvalue weighted by Gasteiger charge is -2.18. The van der Waals surface area contributed by atoms with Gasteiger partial charge in [-0.3, -0.25) is 14.4 Å². The van der Waals surface area contributed by atoms with Gasteiger partial charge in [-0.25, -0.2) is 0 Å². The van der Waals surface area contributed by atoms with E-state index in [2.05, 4.69) is 148 Å². The standard InChI is InChI=1S/C71H116O6/c1-4-7-10-13-16-19-22-25-28-30-32-33-34-35-36-37-39-40-43-46-49-52-55-58-61-64-70(73)76-67-68(66-75-69(72)63-60-57-54-51-48-45-42-27-24-21-18-15-12-9-6-3)77-71(74)65-62-59-56-53-50-47-44-41-38-31-29-26-23-20-17-14-11-8-5-2/h7-8,10-11,16-17,19-20,25-26,28-29,32-33,35-36,38,41,47,50,56,59,68H,4-6,9,12-15,18,21-24,27,30-31,34,37,39-40,42-46,48-49,51-55,57-58,60-67H2,1-3H3/b10-7-,11-8-,19-16-,20-17-,28-25-,29-26-,33-32-,36-35-,41-38-,50-47-,59-56-. The summed E-state index contributed by atoms with van der Waals surface area (Å²) in [6, 6.07) is 0. The van der Waals surface area contributed by atoms with Crippen molar-refractivity contribution in [3.63, 3.8) is 0 Å². The molecule has 0 heterocycles. The molecular weight excluding hydrogens is 949 g/mol. The molecule has 6 nitrogen and oxygen atoms in total. The van der Waals surface area contributed by atoms with Crippen molar-refractivity contribution in [1.82, 2.24) is 0 Å². The second-order valence-electron chi connectivity index (χ2n) is 20.6. The first-order chi connectivity index (χ1) is 38.0. The average molecular weight is 1070 g/mol. The Hall–Kier alpha value is -4.45. The summed E-state index contributed by atoms with van der Waals surface area (Å²) < 4.78 is 16.8. The van der Waals surface area contributed by atoms with Crippen LogP contribution in [0.4, 0.5) is 0 Å². The highest BCUT2D eigenvalue weighted by Crippen LogP contribution is 2.16. The second kappa shape index (κ2) is 64.1. The minimum Gasteiger partial charge on any atom is -0.462 e. The smallest absolute Gasteiger partial charge is 0.306 e. The number of rotatable bonds is 56. The zero-order valence-corrected chi connectivity index (χ0v) is 49.9. The quantitative estimate of drug-likeness (QED) is 0.0261. The first kappa shape index (κ1) is 72.5. The van der Waals surface area contributed by atoms with Gasteiger partial charge in [0.25, 0.3) is 0 Å². The number of hydrogen-bond donors (Lipinski definition) is 0. The monoisotopic (exact) mass is 1060 g/mol. The van der Waals surface area contributed by atoms with E-state index in [-0.39, 0.29) is 31.6 Å². The maximum Gasteiger partial charge on any atom is 0.306 e. The maximum atomic E-state index is 12.9. The summed E-state index contributed by atoms with van der Waals surface area (Å²) in [6.07, 6.45) is 90.3. The molecule has 0 aromatic rings. The molecule has 0 amide bonds. The van der Waals surface area contributed by atoms with Gasteiger partial charge in [-0.15, -0.1) is 0 Å². The summed E-state index contributed by atoms with van der Waals surface area (Å²) >= 11 is 0. The molecule has 0 saturated heterocycles. The fraction of sp³-hybridized carbons (Fsp3) is 0.648. The summed E-state index contributed by atoms with van der Waals surface area (Å²) in [4.78, 5) is 38.3. The first-order valence-corrected chi connectivity index (χ1v) is 31.7. The molecule has 0 aromatic heterocycles. The minimum atomic E-state index is -0.825. The number of carbonyl (C=O) groups excluding carboxylic acids is 3. The Labute approximate surface area is 475 Å². The summed E-state index contributed by atoms with van der Waals surface area (Å²) in [5, 5.41) is 0. The zero-order chi connectivity index (χ0) is 55.7. The topological polar surface area (TPSA) is 78.9 Å². The van der Waals surface area contributed by atoms with Gasteiger partial charge >= 0.3 is 17.9 Å². The molecule has 0 aliphatic carbocycles. The highest BCUT2D eigenvalue weighted by Gasteiger charge is 2.19. The zero-order valence-electron chi connectivity index (χ0n) is 49.9. The van der Waals surface area contributed by atoms with Gasteiger partial charge in [0.15, 0.2) is 6.10 Å². The van der Waals surface area contributed by atoms with E-state index in [4.69, 9.17) is 14.2 Å². The van der Waals surface area contributed by atoms with E-state index < -0.39 is 12.1 Å². The predicted molar refractivity (Wildman–Crippen MR) is 334 cm³/mol. The highest BCUT2D eigenvalue weighted by atomic mass is 16.6. The second-order valence-corrected chi connectivity index (χ2v) is 20.6. The molecule has 1 atom stereocenters. The molecule has 0 spiro atoms. The molecule has 0 bridgehead atoms. The van der Waals surface area contributed by atoms with Crippen LogP contribution in [0.15, 0.2) is 134 Å². The number of allylic oxidation sites excluding steroid dienone is 22. The first-order valence-electron chi connectivity index (χ1n) is 31.7. The molecule has 0 rings (SSSR count). The lowest BCUT2D eigenvalue weighted by atomic mass is 10.0. The fourth-order valence-corrected chi connectivity index (χ4v) is 8.50. The normalized spacial score (nSPS) is 13.0. The molecular formula is C71H116O6. The van der Waals surface area contributed by atoms with Crippen LogP contribution in [0.3, 0.4) is 0 Å². The predicted octanol–water partition coefficient (Wildman–Crippen LogP) is 21.8. The Morgan fingerprint density at radius 3 is 0.844 bits per heavy atom. The van der Waals surface area contributed by atoms with Gasteiger partial charge in [0.05, 0.1) is 0 Å². The van der Waals surface area contributed by atoms with Gasteiger partial charge in [-0.2, -0.15) is 0 Å². The van der Waals surface area contributed by atoms with Crippen LogP contribution >= 0.6 is 0 Å². The van der Waals surface area contributed by atoms with Crippen LogP contribution in [0, 0.1) is 0 Å². The Balaban J connectivity index is 4.46. The van der Waals surface area contributed by atoms with E-state index in [0.29, 0.717) is 19.3 Å². The lowest BCUT2D eigenvalue weighted by Crippen LogP contribution is -2.30. The van der Waals surface area contributed by atoms with E-state index in [1.165, 1.54) is 116 Å². The number of ether oxygens (including phenoxy) is 3. The van der Waals surface area contributed by atoms with Crippen molar-refractivity contribution in [1.29, 1.82) is 0 Å². The molecule has 436 valence electrons. The largest absolute Gasteiger partial charge is 0.462 e. The van der Waals surface area contributed by atoms with Crippen LogP contribution in [0.2, 0.25) is 0 Å². The van der Waals surface area contributed by atoms with Gasteiger partial charge < -0.3 is 14.2 Å². The van der Waals surface area contributed by atoms with E-state index in [0.717, 1.165) is 116 Å². The molecule has 0 aromatic carbocycles. The fourth-order valence-electron chi connectivity index (χ4n) is 8.50. The summed E-state index contributed by atoms with van der Waals surface area (Å²) in [5.41, 5.74) is 0. The third-order valence-electron chi connectivity index (χ3n) is 13.2. The van der Waals surface area contributed by atoms with Crippen LogP contribution in [0.1, 0.15) is 278 Å². The molecule has 0 aliphatic heterocycles. The Bertz CT molecular complexity index is 1650. The summed E-state index contributed by atoms with van der Waals surface area (Å²) in [7, 11) is 0. The number of esters is 3. The molecule has 0 radical (unpaired) electrons. The number of hydrogen-bond acceptors (Lipinski definition) is 6. The number of unbranched alkanes of at least 4 members (excludes halogenated alkanes) is 23. The van der Waals surface area contributed by atoms with Gasteiger partial charge in [-0.05, 0) is 103 Å². The number of carbonyl (C=O) groups is 3. The van der Waals surface area contributed by atoms with Crippen LogP contribution in [-0.4, -0.2) is 37.2 Å². The molecule has 0 saturated carbocycles. The van der Waals surface area contributed by atoms with Crippen molar-refractivity contribution in [3.05, 3.63) is 134 Å². The van der Waals surface area contributed by atoms with Crippen molar-refractivity contribution in [3.8, 4) is 0 Å². The minimum absolute atomic E-state index is 0.111. The SMILES string of the molecule is CC/C=C\C/C=C\C/C=C\C/C=C\C/C=C\C/C=C\CCC(=O)OC(COC(=O)CCCCCCCCCCC/C=C\C/C=C\C/C=C\C/C=C\C/C=C\CC)COC(=O)CCCCCCCCCCCCCCCCC. The highest BCUT2D eigenvalue weighted by molar-refractivity contribution is 5.71.